The summed E-state index contributed by atoms with van der Waals surface area (Å²) in [4.78, 5) is 23.7. The van der Waals surface area contributed by atoms with Gasteiger partial charge in [0.05, 0.1) is 5.56 Å². The van der Waals surface area contributed by atoms with Crippen molar-refractivity contribution < 1.29 is 4.79 Å². The van der Waals surface area contributed by atoms with Crippen molar-refractivity contribution in [2.24, 2.45) is 0 Å². The third-order valence-corrected chi connectivity index (χ3v) is 3.57. The number of carbonyl (C=O) groups excluding carboxylic acids is 1. The molecule has 0 saturated carbocycles. The second kappa shape index (κ2) is 5.91. The molecule has 1 fully saturated rings. The lowest BCUT2D eigenvalue weighted by Crippen LogP contribution is -2.37. The number of hydrogen-bond donors (Lipinski definition) is 0. The summed E-state index contributed by atoms with van der Waals surface area (Å²) < 4.78 is 0. The molecule has 1 atom stereocenters. The van der Waals surface area contributed by atoms with Gasteiger partial charge in [0.2, 0.25) is 5.95 Å². The van der Waals surface area contributed by atoms with Crippen LogP contribution in [-0.2, 0) is 0 Å². The van der Waals surface area contributed by atoms with E-state index in [1.165, 1.54) is 0 Å². The van der Waals surface area contributed by atoms with Gasteiger partial charge in [-0.3, -0.25) is 9.69 Å². The van der Waals surface area contributed by atoms with Crippen LogP contribution in [0.3, 0.4) is 0 Å². The largest absolute Gasteiger partial charge is 0.339 e. The summed E-state index contributed by atoms with van der Waals surface area (Å²) in [6, 6.07) is 0.592. The molecule has 1 aliphatic heterocycles. The first-order chi connectivity index (χ1) is 8.78. The Morgan fingerprint density at radius 3 is 2.61 bits per heavy atom. The first-order valence-corrected chi connectivity index (χ1v) is 6.54. The Labute approximate surface area is 108 Å². The zero-order chi connectivity index (χ0) is 13.0. The SMILES string of the molecule is CCN(CC)C1CCN(c2ncc(C=O)cn2)C1. The molecule has 1 saturated heterocycles. The maximum absolute atomic E-state index is 10.6. The van der Waals surface area contributed by atoms with Gasteiger partial charge in [-0.25, -0.2) is 9.97 Å². The Kier molecular flexibility index (Phi) is 4.25. The minimum Gasteiger partial charge on any atom is -0.339 e. The van der Waals surface area contributed by atoms with Crippen LogP contribution in [0.5, 0.6) is 0 Å². The van der Waals surface area contributed by atoms with E-state index in [4.69, 9.17) is 0 Å². The van der Waals surface area contributed by atoms with E-state index in [0.29, 0.717) is 11.6 Å². The highest BCUT2D eigenvalue weighted by Crippen LogP contribution is 2.19. The van der Waals surface area contributed by atoms with E-state index < -0.39 is 0 Å². The molecule has 2 rings (SSSR count). The minimum absolute atomic E-state index is 0.526. The lowest BCUT2D eigenvalue weighted by molar-refractivity contribution is 0.112. The third kappa shape index (κ3) is 2.67. The Morgan fingerprint density at radius 2 is 2.06 bits per heavy atom. The molecular formula is C13H20N4O. The fourth-order valence-corrected chi connectivity index (χ4v) is 2.52. The fraction of sp³-hybridized carbons (Fsp3) is 0.615. The van der Waals surface area contributed by atoms with E-state index >= 15 is 0 Å². The van der Waals surface area contributed by atoms with Crippen LogP contribution in [0.4, 0.5) is 5.95 Å². The molecule has 0 spiro atoms. The number of anilines is 1. The van der Waals surface area contributed by atoms with Crippen molar-refractivity contribution in [3.63, 3.8) is 0 Å². The number of rotatable bonds is 5. The Hall–Kier alpha value is -1.49. The van der Waals surface area contributed by atoms with Gasteiger partial charge in [0, 0.05) is 31.5 Å². The average Bonchev–Trinajstić information content (AvgIpc) is 2.90. The van der Waals surface area contributed by atoms with Crippen LogP contribution in [0.1, 0.15) is 30.6 Å². The van der Waals surface area contributed by atoms with E-state index in [1.54, 1.807) is 12.4 Å². The topological polar surface area (TPSA) is 49.3 Å². The molecule has 0 amide bonds. The van der Waals surface area contributed by atoms with Crippen molar-refractivity contribution in [3.8, 4) is 0 Å². The van der Waals surface area contributed by atoms with Gasteiger partial charge in [-0.1, -0.05) is 13.8 Å². The number of carbonyl (C=O) groups is 1. The predicted molar refractivity (Wildman–Crippen MR) is 71.0 cm³/mol. The molecule has 1 unspecified atom stereocenters. The molecule has 0 aliphatic carbocycles. The molecule has 98 valence electrons. The van der Waals surface area contributed by atoms with Crippen molar-refractivity contribution in [3.05, 3.63) is 18.0 Å². The molecule has 5 nitrogen and oxygen atoms in total. The lowest BCUT2D eigenvalue weighted by atomic mass is 10.2. The molecule has 5 heteroatoms. The molecule has 1 aliphatic rings. The van der Waals surface area contributed by atoms with E-state index in [1.807, 2.05) is 0 Å². The normalized spacial score (nSPS) is 19.5. The first-order valence-electron chi connectivity index (χ1n) is 6.54. The van der Waals surface area contributed by atoms with Gasteiger partial charge in [0.15, 0.2) is 6.29 Å². The molecule has 0 bridgehead atoms. The summed E-state index contributed by atoms with van der Waals surface area (Å²) >= 11 is 0. The maximum atomic E-state index is 10.6. The van der Waals surface area contributed by atoms with Gasteiger partial charge >= 0.3 is 0 Å². The summed E-state index contributed by atoms with van der Waals surface area (Å²) in [6.07, 6.45) is 5.09. The van der Waals surface area contributed by atoms with Gasteiger partial charge in [-0.05, 0) is 19.5 Å². The zero-order valence-electron chi connectivity index (χ0n) is 11.0. The summed E-state index contributed by atoms with van der Waals surface area (Å²) in [5.74, 6) is 0.732. The highest BCUT2D eigenvalue weighted by molar-refractivity contribution is 5.73. The van der Waals surface area contributed by atoms with Crippen molar-refractivity contribution in [1.29, 1.82) is 0 Å². The van der Waals surface area contributed by atoms with Gasteiger partial charge in [0.1, 0.15) is 0 Å². The van der Waals surface area contributed by atoms with Crippen molar-refractivity contribution in [1.82, 2.24) is 14.9 Å². The van der Waals surface area contributed by atoms with E-state index in [-0.39, 0.29) is 0 Å². The third-order valence-electron chi connectivity index (χ3n) is 3.57. The predicted octanol–water partition coefficient (Wildman–Crippen LogP) is 1.21. The molecule has 0 aromatic carbocycles. The fourth-order valence-electron chi connectivity index (χ4n) is 2.52. The number of hydrogen-bond acceptors (Lipinski definition) is 5. The lowest BCUT2D eigenvalue weighted by Gasteiger charge is -2.26. The van der Waals surface area contributed by atoms with Crippen LogP contribution in [0.25, 0.3) is 0 Å². The number of likely N-dealkylation sites (N-methyl/N-ethyl adjacent to an activating group) is 1. The van der Waals surface area contributed by atoms with Crippen molar-refractivity contribution in [2.75, 3.05) is 31.1 Å². The van der Waals surface area contributed by atoms with Gasteiger partial charge in [0.25, 0.3) is 0 Å². The Morgan fingerprint density at radius 1 is 1.39 bits per heavy atom. The van der Waals surface area contributed by atoms with E-state index in [2.05, 4.69) is 33.6 Å². The zero-order valence-corrected chi connectivity index (χ0v) is 11.0. The number of aldehydes is 1. The molecule has 0 radical (unpaired) electrons. The Balaban J connectivity index is 2.01. The minimum atomic E-state index is 0.526. The molecule has 1 aromatic rings. The van der Waals surface area contributed by atoms with Crippen LogP contribution in [-0.4, -0.2) is 53.4 Å². The van der Waals surface area contributed by atoms with Gasteiger partial charge < -0.3 is 4.90 Å². The van der Waals surface area contributed by atoms with Gasteiger partial charge in [-0.15, -0.1) is 0 Å². The molecule has 0 N–H and O–H groups in total. The molecular weight excluding hydrogens is 228 g/mol. The quantitative estimate of drug-likeness (QED) is 0.733. The standard InChI is InChI=1S/C13H20N4O/c1-3-16(4-2)12-5-6-17(9-12)13-14-7-11(10-18)8-15-13/h7-8,10,12H,3-6,9H2,1-2H3. The second-order valence-corrected chi connectivity index (χ2v) is 4.54. The molecule has 18 heavy (non-hydrogen) atoms. The summed E-state index contributed by atoms with van der Waals surface area (Å²) in [5.41, 5.74) is 0.526. The van der Waals surface area contributed by atoms with Crippen LogP contribution in [0.15, 0.2) is 12.4 Å². The van der Waals surface area contributed by atoms with E-state index in [9.17, 15) is 4.79 Å². The Bertz CT molecular complexity index is 388. The second-order valence-electron chi connectivity index (χ2n) is 4.54. The van der Waals surface area contributed by atoms with Crippen LogP contribution < -0.4 is 4.90 Å². The molecule has 1 aromatic heterocycles. The maximum Gasteiger partial charge on any atom is 0.225 e. The number of nitrogens with zero attached hydrogens (tertiary/aromatic N) is 4. The average molecular weight is 248 g/mol. The van der Waals surface area contributed by atoms with Gasteiger partial charge in [-0.2, -0.15) is 0 Å². The highest BCUT2D eigenvalue weighted by atomic mass is 16.1. The van der Waals surface area contributed by atoms with E-state index in [0.717, 1.165) is 44.8 Å². The molecule has 2 heterocycles. The summed E-state index contributed by atoms with van der Waals surface area (Å²) in [5, 5.41) is 0. The summed E-state index contributed by atoms with van der Waals surface area (Å²) in [6.45, 7) is 8.52. The monoisotopic (exact) mass is 248 g/mol. The van der Waals surface area contributed by atoms with Crippen molar-refractivity contribution >= 4 is 12.2 Å². The smallest absolute Gasteiger partial charge is 0.225 e. The highest BCUT2D eigenvalue weighted by Gasteiger charge is 2.27. The summed E-state index contributed by atoms with van der Waals surface area (Å²) in [7, 11) is 0. The number of aromatic nitrogens is 2. The van der Waals surface area contributed by atoms with Crippen LogP contribution in [0.2, 0.25) is 0 Å². The van der Waals surface area contributed by atoms with Crippen molar-refractivity contribution in [2.45, 2.75) is 26.3 Å². The first kappa shape index (κ1) is 13.0. The van der Waals surface area contributed by atoms with Crippen LogP contribution >= 0.6 is 0 Å². The van der Waals surface area contributed by atoms with Crippen LogP contribution in [0, 0.1) is 0 Å².